The molecule has 0 aliphatic rings. The highest BCUT2D eigenvalue weighted by molar-refractivity contribution is 6.31. The molecule has 0 amide bonds. The molecule has 0 aliphatic carbocycles. The molecule has 100 valence electrons. The van der Waals surface area contributed by atoms with E-state index in [1.165, 1.54) is 6.20 Å². The van der Waals surface area contributed by atoms with Crippen LogP contribution in [0.15, 0.2) is 36.5 Å². The maximum atomic E-state index is 9.14. The average molecular weight is 280 g/mol. The molecule has 0 bridgehead atoms. The molecule has 1 aromatic heterocycles. The van der Waals surface area contributed by atoms with Crippen LogP contribution in [0, 0.1) is 0 Å². The summed E-state index contributed by atoms with van der Waals surface area (Å²) in [7, 11) is 0. The van der Waals surface area contributed by atoms with E-state index < -0.39 is 0 Å². The van der Waals surface area contributed by atoms with Crippen LogP contribution in [-0.4, -0.2) is 16.7 Å². The quantitative estimate of drug-likeness (QED) is 0.911. The lowest BCUT2D eigenvalue weighted by atomic mass is 10.3. The Morgan fingerprint density at radius 3 is 2.79 bits per heavy atom. The number of aliphatic hydroxyl groups excluding tert-OH is 1. The lowest BCUT2D eigenvalue weighted by Crippen LogP contribution is -1.94. The lowest BCUT2D eigenvalue weighted by molar-refractivity contribution is 0.281. The van der Waals surface area contributed by atoms with Crippen molar-refractivity contribution in [3.8, 4) is 17.4 Å². The Balaban J connectivity index is 2.18. The number of ether oxygens (including phenoxy) is 2. The highest BCUT2D eigenvalue weighted by Gasteiger charge is 2.05. The Kier molecular flexibility index (Phi) is 4.60. The van der Waals surface area contributed by atoms with E-state index in [4.69, 9.17) is 26.2 Å². The standard InChI is InChI=1S/C14H14ClNO3/c1-2-18-11-4-3-5-12(7-11)19-14-6-10(9-17)13(15)8-16-14/h3-8,17H,2,9H2,1H3. The van der Waals surface area contributed by atoms with Gasteiger partial charge in [0.05, 0.1) is 18.2 Å². The molecule has 19 heavy (non-hydrogen) atoms. The molecule has 1 N–H and O–H groups in total. The van der Waals surface area contributed by atoms with Gasteiger partial charge in [-0.3, -0.25) is 0 Å². The van der Waals surface area contributed by atoms with Gasteiger partial charge in [0.25, 0.3) is 0 Å². The molecule has 5 heteroatoms. The van der Waals surface area contributed by atoms with E-state index >= 15 is 0 Å². The van der Waals surface area contributed by atoms with Gasteiger partial charge in [-0.2, -0.15) is 0 Å². The van der Waals surface area contributed by atoms with E-state index in [1.54, 1.807) is 18.2 Å². The van der Waals surface area contributed by atoms with Crippen molar-refractivity contribution in [1.29, 1.82) is 0 Å². The van der Waals surface area contributed by atoms with Gasteiger partial charge in [0, 0.05) is 23.9 Å². The molecule has 0 spiro atoms. The molecule has 0 saturated carbocycles. The monoisotopic (exact) mass is 279 g/mol. The van der Waals surface area contributed by atoms with Crippen molar-refractivity contribution < 1.29 is 14.6 Å². The van der Waals surface area contributed by atoms with Gasteiger partial charge in [-0.05, 0) is 19.1 Å². The summed E-state index contributed by atoms with van der Waals surface area (Å²) >= 11 is 5.87. The maximum absolute atomic E-state index is 9.14. The number of aromatic nitrogens is 1. The second-order valence-electron chi connectivity index (χ2n) is 3.78. The Hall–Kier alpha value is -1.78. The summed E-state index contributed by atoms with van der Waals surface area (Å²) in [4.78, 5) is 4.05. The summed E-state index contributed by atoms with van der Waals surface area (Å²) in [5.41, 5.74) is 0.577. The third-order valence-corrected chi connectivity index (χ3v) is 2.76. The van der Waals surface area contributed by atoms with E-state index in [0.717, 1.165) is 5.75 Å². The largest absolute Gasteiger partial charge is 0.494 e. The van der Waals surface area contributed by atoms with Crippen molar-refractivity contribution >= 4 is 11.6 Å². The summed E-state index contributed by atoms with van der Waals surface area (Å²) in [6.07, 6.45) is 1.45. The minimum Gasteiger partial charge on any atom is -0.494 e. The summed E-state index contributed by atoms with van der Waals surface area (Å²) in [6, 6.07) is 8.87. The predicted octanol–water partition coefficient (Wildman–Crippen LogP) is 3.42. The van der Waals surface area contributed by atoms with E-state index in [-0.39, 0.29) is 6.61 Å². The van der Waals surface area contributed by atoms with E-state index in [1.807, 2.05) is 19.1 Å². The minimum absolute atomic E-state index is 0.156. The number of pyridine rings is 1. The molecule has 4 nitrogen and oxygen atoms in total. The van der Waals surface area contributed by atoms with Gasteiger partial charge >= 0.3 is 0 Å². The van der Waals surface area contributed by atoms with Crippen LogP contribution >= 0.6 is 11.6 Å². The van der Waals surface area contributed by atoms with E-state index in [0.29, 0.717) is 28.8 Å². The van der Waals surface area contributed by atoms with Gasteiger partial charge in [0.1, 0.15) is 11.5 Å². The van der Waals surface area contributed by atoms with Crippen molar-refractivity contribution in [2.45, 2.75) is 13.5 Å². The molecule has 0 atom stereocenters. The number of hydrogen-bond acceptors (Lipinski definition) is 4. The minimum atomic E-state index is -0.156. The Morgan fingerprint density at radius 1 is 1.26 bits per heavy atom. The maximum Gasteiger partial charge on any atom is 0.219 e. The Bertz CT molecular complexity index is 560. The van der Waals surface area contributed by atoms with Gasteiger partial charge < -0.3 is 14.6 Å². The first-order chi connectivity index (χ1) is 9.22. The summed E-state index contributed by atoms with van der Waals surface area (Å²) in [5.74, 6) is 1.73. The zero-order valence-corrected chi connectivity index (χ0v) is 11.2. The van der Waals surface area contributed by atoms with Crippen molar-refractivity contribution in [2.24, 2.45) is 0 Å². The first kappa shape index (κ1) is 13.6. The highest BCUT2D eigenvalue weighted by Crippen LogP contribution is 2.26. The SMILES string of the molecule is CCOc1cccc(Oc2cc(CO)c(Cl)cn2)c1. The van der Waals surface area contributed by atoms with Gasteiger partial charge in [-0.1, -0.05) is 17.7 Å². The van der Waals surface area contributed by atoms with E-state index in [2.05, 4.69) is 4.98 Å². The van der Waals surface area contributed by atoms with Crippen LogP contribution in [0.5, 0.6) is 17.4 Å². The fraction of sp³-hybridized carbons (Fsp3) is 0.214. The normalized spacial score (nSPS) is 10.3. The molecule has 1 heterocycles. The van der Waals surface area contributed by atoms with Crippen LogP contribution in [0.2, 0.25) is 5.02 Å². The summed E-state index contributed by atoms with van der Waals surface area (Å²) in [6.45, 7) is 2.36. The number of aliphatic hydroxyl groups is 1. The molecule has 0 aliphatic heterocycles. The molecule has 0 saturated heterocycles. The second kappa shape index (κ2) is 6.41. The predicted molar refractivity (Wildman–Crippen MR) is 72.9 cm³/mol. The number of rotatable bonds is 5. The molecule has 2 rings (SSSR count). The number of benzene rings is 1. The van der Waals surface area contributed by atoms with Crippen molar-refractivity contribution in [3.63, 3.8) is 0 Å². The molecular weight excluding hydrogens is 266 g/mol. The molecule has 2 aromatic rings. The molecule has 0 fully saturated rings. The van der Waals surface area contributed by atoms with Crippen LogP contribution in [-0.2, 0) is 6.61 Å². The van der Waals surface area contributed by atoms with Gasteiger partial charge in [-0.25, -0.2) is 4.98 Å². The van der Waals surface area contributed by atoms with Crippen LogP contribution in [0.3, 0.4) is 0 Å². The topological polar surface area (TPSA) is 51.6 Å². The molecule has 0 radical (unpaired) electrons. The van der Waals surface area contributed by atoms with Crippen molar-refractivity contribution in [3.05, 3.63) is 47.1 Å². The molecular formula is C14H14ClNO3. The van der Waals surface area contributed by atoms with Gasteiger partial charge in [-0.15, -0.1) is 0 Å². The number of hydrogen-bond donors (Lipinski definition) is 1. The van der Waals surface area contributed by atoms with Gasteiger partial charge in [0.15, 0.2) is 0 Å². The zero-order chi connectivity index (χ0) is 13.7. The van der Waals surface area contributed by atoms with Crippen molar-refractivity contribution in [1.82, 2.24) is 4.98 Å². The summed E-state index contributed by atoms with van der Waals surface area (Å²) < 4.78 is 11.0. The average Bonchev–Trinajstić information content (AvgIpc) is 2.42. The van der Waals surface area contributed by atoms with Crippen LogP contribution < -0.4 is 9.47 Å². The smallest absolute Gasteiger partial charge is 0.219 e. The third kappa shape index (κ3) is 3.59. The van der Waals surface area contributed by atoms with Crippen LogP contribution in [0.1, 0.15) is 12.5 Å². The zero-order valence-electron chi connectivity index (χ0n) is 10.5. The second-order valence-corrected chi connectivity index (χ2v) is 4.19. The lowest BCUT2D eigenvalue weighted by Gasteiger charge is -2.08. The highest BCUT2D eigenvalue weighted by atomic mass is 35.5. The van der Waals surface area contributed by atoms with Gasteiger partial charge in [0.2, 0.25) is 5.88 Å². The number of halogens is 1. The fourth-order valence-corrected chi connectivity index (χ4v) is 1.71. The summed E-state index contributed by atoms with van der Waals surface area (Å²) in [5, 5.41) is 9.55. The fourth-order valence-electron chi connectivity index (χ4n) is 1.55. The van der Waals surface area contributed by atoms with Crippen LogP contribution in [0.4, 0.5) is 0 Å². The van der Waals surface area contributed by atoms with E-state index in [9.17, 15) is 0 Å². The van der Waals surface area contributed by atoms with Crippen molar-refractivity contribution in [2.75, 3.05) is 6.61 Å². The molecule has 0 unspecified atom stereocenters. The first-order valence-electron chi connectivity index (χ1n) is 5.89. The Morgan fingerprint density at radius 2 is 2.05 bits per heavy atom. The Labute approximate surface area is 116 Å². The number of nitrogens with zero attached hydrogens (tertiary/aromatic N) is 1. The van der Waals surface area contributed by atoms with Crippen LogP contribution in [0.25, 0.3) is 0 Å². The molecule has 1 aromatic carbocycles. The third-order valence-electron chi connectivity index (χ3n) is 2.42. The first-order valence-corrected chi connectivity index (χ1v) is 6.26.